The van der Waals surface area contributed by atoms with Gasteiger partial charge in [-0.05, 0) is 20.8 Å². The fourth-order valence-corrected chi connectivity index (χ4v) is 4.24. The highest BCUT2D eigenvalue weighted by molar-refractivity contribution is 6.34. The zero-order valence-electron chi connectivity index (χ0n) is 21.8. The lowest BCUT2D eigenvalue weighted by molar-refractivity contribution is 0.0273. The van der Waals surface area contributed by atoms with Crippen LogP contribution in [0.25, 0.3) is 0 Å². The maximum absolute atomic E-state index is 12.6. The van der Waals surface area contributed by atoms with Crippen LogP contribution in [-0.2, 0) is 9.47 Å². The maximum atomic E-state index is 12.6. The number of aliphatic imine (C=N–C) groups is 1. The van der Waals surface area contributed by atoms with Crippen molar-refractivity contribution in [2.24, 2.45) is 4.99 Å². The van der Waals surface area contributed by atoms with E-state index in [1.165, 1.54) is 13.2 Å². The quantitative estimate of drug-likeness (QED) is 0.281. The predicted octanol–water partition coefficient (Wildman–Crippen LogP) is 6.08. The number of hydrogen-bond acceptors (Lipinski definition) is 7. The fraction of sp³-hybridized carbons (Fsp3) is 0.310. The summed E-state index contributed by atoms with van der Waals surface area (Å²) >= 11 is 6.55. The van der Waals surface area contributed by atoms with Crippen LogP contribution in [0.4, 0.5) is 10.6 Å². The third-order valence-electron chi connectivity index (χ3n) is 5.71. The molecule has 1 aromatic heterocycles. The normalized spacial score (nSPS) is 15.1. The third kappa shape index (κ3) is 6.69. The van der Waals surface area contributed by atoms with Gasteiger partial charge in [0, 0.05) is 30.2 Å². The Balaban J connectivity index is 1.69. The van der Waals surface area contributed by atoms with Crippen LogP contribution in [0.2, 0.25) is 5.02 Å². The first-order chi connectivity index (χ1) is 18.1. The molecule has 0 aliphatic carbocycles. The number of amides is 1. The van der Waals surface area contributed by atoms with E-state index >= 15 is 0 Å². The van der Waals surface area contributed by atoms with Crippen LogP contribution in [0.5, 0.6) is 5.88 Å². The van der Waals surface area contributed by atoms with E-state index in [-0.39, 0.29) is 28.8 Å². The molecule has 4 rings (SSSR count). The first-order valence-electron chi connectivity index (χ1n) is 12.3. The van der Waals surface area contributed by atoms with Gasteiger partial charge in [-0.25, -0.2) is 14.6 Å². The van der Waals surface area contributed by atoms with Crippen molar-refractivity contribution in [2.75, 3.05) is 20.2 Å². The molecule has 0 unspecified atom stereocenters. The lowest BCUT2D eigenvalue weighted by Gasteiger charge is -2.24. The van der Waals surface area contributed by atoms with E-state index in [1.807, 2.05) is 81.4 Å². The molecule has 1 aliphatic heterocycles. The number of esters is 1. The van der Waals surface area contributed by atoms with Gasteiger partial charge >= 0.3 is 12.1 Å². The lowest BCUT2D eigenvalue weighted by atomic mass is 10.0. The summed E-state index contributed by atoms with van der Waals surface area (Å²) in [6.07, 6.45) is -0.306. The van der Waals surface area contributed by atoms with Gasteiger partial charge in [0.25, 0.3) is 0 Å². The molecule has 1 aliphatic rings. The number of carbonyl (C=O) groups excluding carboxylic acids is 2. The standard InChI is InChI=1S/C29H30ClN3O5/c1-29(2,3)38-28(35)33-16-15-21(18-33)37-26-24(27(34)36-4)22(30)17-23(32-26)31-25(19-11-7-5-8-12-19)20-13-9-6-10-14-20/h5-14,17,21H,15-16,18H2,1-4H3/t21-/m0/s1. The number of carbonyl (C=O) groups is 2. The molecule has 38 heavy (non-hydrogen) atoms. The summed E-state index contributed by atoms with van der Waals surface area (Å²) in [5.74, 6) is -0.414. The molecule has 198 valence electrons. The Hall–Kier alpha value is -3.91. The van der Waals surface area contributed by atoms with E-state index in [0.717, 1.165) is 11.1 Å². The maximum Gasteiger partial charge on any atom is 0.410 e. The zero-order valence-corrected chi connectivity index (χ0v) is 22.6. The highest BCUT2D eigenvalue weighted by Crippen LogP contribution is 2.32. The molecule has 0 bridgehead atoms. The number of hydrogen-bond donors (Lipinski definition) is 0. The highest BCUT2D eigenvalue weighted by Gasteiger charge is 2.33. The number of nitrogens with zero attached hydrogens (tertiary/aromatic N) is 3. The second-order valence-electron chi connectivity index (χ2n) is 9.78. The molecule has 0 radical (unpaired) electrons. The average molecular weight is 536 g/mol. The molecule has 2 heterocycles. The molecule has 3 aromatic rings. The van der Waals surface area contributed by atoms with E-state index < -0.39 is 23.8 Å². The summed E-state index contributed by atoms with van der Waals surface area (Å²) in [6.45, 7) is 6.17. The Morgan fingerprint density at radius 1 is 1.03 bits per heavy atom. The van der Waals surface area contributed by atoms with Crippen molar-refractivity contribution in [3.8, 4) is 5.88 Å². The molecule has 0 N–H and O–H groups in total. The number of rotatable bonds is 6. The van der Waals surface area contributed by atoms with E-state index in [4.69, 9.17) is 30.8 Å². The third-order valence-corrected chi connectivity index (χ3v) is 6.01. The molecule has 1 fully saturated rings. The van der Waals surface area contributed by atoms with Crippen LogP contribution in [-0.4, -0.2) is 59.6 Å². The van der Waals surface area contributed by atoms with E-state index in [1.54, 1.807) is 4.90 Å². The molecular formula is C29H30ClN3O5. The molecular weight excluding hydrogens is 506 g/mol. The van der Waals surface area contributed by atoms with Crippen molar-refractivity contribution in [3.05, 3.63) is 88.4 Å². The largest absolute Gasteiger partial charge is 0.472 e. The molecule has 0 spiro atoms. The van der Waals surface area contributed by atoms with Gasteiger partial charge in [0.2, 0.25) is 5.88 Å². The molecule has 8 nitrogen and oxygen atoms in total. The van der Waals surface area contributed by atoms with E-state index in [0.29, 0.717) is 18.7 Å². The Morgan fingerprint density at radius 2 is 1.63 bits per heavy atom. The van der Waals surface area contributed by atoms with Gasteiger partial charge in [0.1, 0.15) is 17.3 Å². The van der Waals surface area contributed by atoms with Crippen molar-refractivity contribution < 1.29 is 23.8 Å². The minimum absolute atomic E-state index is 0.000359. The van der Waals surface area contributed by atoms with Gasteiger partial charge in [-0.1, -0.05) is 72.3 Å². The van der Waals surface area contributed by atoms with Gasteiger partial charge in [0.05, 0.1) is 24.4 Å². The molecule has 0 saturated carbocycles. The number of ether oxygens (including phenoxy) is 3. The number of likely N-dealkylation sites (tertiary alicyclic amines) is 1. The summed E-state index contributed by atoms with van der Waals surface area (Å²) in [7, 11) is 1.26. The molecule has 1 amide bonds. The van der Waals surface area contributed by atoms with Gasteiger partial charge in [-0.2, -0.15) is 4.98 Å². The van der Waals surface area contributed by atoms with Crippen molar-refractivity contribution in [2.45, 2.75) is 38.9 Å². The summed E-state index contributed by atoms with van der Waals surface area (Å²) < 4.78 is 16.5. The first-order valence-corrected chi connectivity index (χ1v) is 12.7. The van der Waals surface area contributed by atoms with Gasteiger partial charge in [-0.3, -0.25) is 0 Å². The molecule has 2 aromatic carbocycles. The molecule has 1 saturated heterocycles. The zero-order chi connectivity index (χ0) is 27.3. The van der Waals surface area contributed by atoms with Gasteiger partial charge < -0.3 is 19.1 Å². The number of aromatic nitrogens is 1. The van der Waals surface area contributed by atoms with E-state index in [2.05, 4.69) is 4.98 Å². The van der Waals surface area contributed by atoms with Gasteiger partial charge in [-0.15, -0.1) is 0 Å². The topological polar surface area (TPSA) is 90.3 Å². The van der Waals surface area contributed by atoms with Crippen LogP contribution in [0, 0.1) is 0 Å². The fourth-order valence-electron chi connectivity index (χ4n) is 3.99. The van der Waals surface area contributed by atoms with Crippen LogP contribution in [0.1, 0.15) is 48.7 Å². The SMILES string of the molecule is COC(=O)c1c(Cl)cc(N=C(c2ccccc2)c2ccccc2)nc1O[C@H]1CCN(C(=O)OC(C)(C)C)C1. The molecule has 9 heteroatoms. The Labute approximate surface area is 227 Å². The second kappa shape index (κ2) is 11.6. The van der Waals surface area contributed by atoms with Crippen molar-refractivity contribution in [1.29, 1.82) is 0 Å². The Kier molecular flexibility index (Phi) is 8.32. The second-order valence-corrected chi connectivity index (χ2v) is 10.2. The summed E-state index contributed by atoms with van der Waals surface area (Å²) in [4.78, 5) is 36.0. The Morgan fingerprint density at radius 3 is 2.18 bits per heavy atom. The van der Waals surface area contributed by atoms with Crippen LogP contribution >= 0.6 is 11.6 Å². The number of benzene rings is 2. The van der Waals surface area contributed by atoms with Crippen molar-refractivity contribution in [1.82, 2.24) is 9.88 Å². The van der Waals surface area contributed by atoms with Crippen molar-refractivity contribution >= 4 is 35.2 Å². The highest BCUT2D eigenvalue weighted by atomic mass is 35.5. The summed E-state index contributed by atoms with van der Waals surface area (Å²) in [5, 5.41) is 0.100. The van der Waals surface area contributed by atoms with Crippen LogP contribution < -0.4 is 4.74 Å². The average Bonchev–Trinajstić information content (AvgIpc) is 3.35. The predicted molar refractivity (Wildman–Crippen MR) is 146 cm³/mol. The van der Waals surface area contributed by atoms with Crippen LogP contribution in [0.3, 0.4) is 0 Å². The lowest BCUT2D eigenvalue weighted by Crippen LogP contribution is -2.36. The van der Waals surface area contributed by atoms with E-state index in [9.17, 15) is 9.59 Å². The molecule has 1 atom stereocenters. The number of halogens is 1. The Bertz CT molecular complexity index is 1280. The number of methoxy groups -OCH3 is 1. The summed E-state index contributed by atoms with van der Waals surface area (Å²) in [5.41, 5.74) is 1.86. The van der Waals surface area contributed by atoms with Gasteiger partial charge in [0.15, 0.2) is 5.82 Å². The minimum atomic E-state index is -0.679. The smallest absolute Gasteiger partial charge is 0.410 e. The first kappa shape index (κ1) is 27.1. The number of pyridine rings is 1. The van der Waals surface area contributed by atoms with Crippen molar-refractivity contribution in [3.63, 3.8) is 0 Å². The summed E-state index contributed by atoms with van der Waals surface area (Å²) in [6, 6.07) is 20.9. The minimum Gasteiger partial charge on any atom is -0.472 e. The monoisotopic (exact) mass is 535 g/mol. The van der Waals surface area contributed by atoms with Crippen LogP contribution in [0.15, 0.2) is 71.7 Å².